The lowest BCUT2D eigenvalue weighted by atomic mass is 10.1. The molecule has 1 N–H and O–H groups in total. The zero-order chi connectivity index (χ0) is 11.5. The molecule has 82 valence electrons. The quantitative estimate of drug-likeness (QED) is 0.865. The number of allylic oxidation sites excluding steroid dienone is 1. The van der Waals surface area contributed by atoms with E-state index in [4.69, 9.17) is 0 Å². The average Bonchev–Trinajstić information content (AvgIpc) is 2.77. The molecule has 2 aromatic rings. The van der Waals surface area contributed by atoms with Crippen molar-refractivity contribution in [1.29, 1.82) is 0 Å². The van der Waals surface area contributed by atoms with Crippen molar-refractivity contribution >= 4 is 22.0 Å². The maximum Gasteiger partial charge on any atom is 0.182 e. The van der Waals surface area contributed by atoms with E-state index in [-0.39, 0.29) is 0 Å². The Labute approximate surface area is 99.7 Å². The van der Waals surface area contributed by atoms with Crippen molar-refractivity contribution in [3.8, 4) is 10.4 Å². The molecule has 0 atom stereocenters. The van der Waals surface area contributed by atoms with E-state index < -0.39 is 0 Å². The summed E-state index contributed by atoms with van der Waals surface area (Å²) in [4.78, 5) is 5.44. The van der Waals surface area contributed by atoms with Gasteiger partial charge in [-0.3, -0.25) is 0 Å². The fourth-order valence-corrected chi connectivity index (χ4v) is 2.22. The lowest BCUT2D eigenvalue weighted by Gasteiger charge is -2.01. The smallest absolute Gasteiger partial charge is 0.182 e. The Hall–Kier alpha value is -1.61. The van der Waals surface area contributed by atoms with Crippen LogP contribution in [0.1, 0.15) is 12.5 Å². The van der Waals surface area contributed by atoms with Gasteiger partial charge < -0.3 is 5.32 Å². The number of rotatable bonds is 3. The number of thiazole rings is 1. The predicted octanol–water partition coefficient (Wildman–Crippen LogP) is 3.88. The van der Waals surface area contributed by atoms with Crippen molar-refractivity contribution < 1.29 is 0 Å². The molecule has 16 heavy (non-hydrogen) atoms. The van der Waals surface area contributed by atoms with Gasteiger partial charge in [0.25, 0.3) is 0 Å². The standard InChI is InChI=1S/C13H14N2S/c1-9(2)10-4-6-11(7-5-10)12-8-15-13(14-3)16-12/h4-8H,1H2,2-3H3,(H,14,15). The van der Waals surface area contributed by atoms with Crippen molar-refractivity contribution in [2.45, 2.75) is 6.92 Å². The van der Waals surface area contributed by atoms with E-state index in [1.165, 1.54) is 16.0 Å². The highest BCUT2D eigenvalue weighted by Gasteiger charge is 2.03. The molecule has 0 unspecified atom stereocenters. The van der Waals surface area contributed by atoms with E-state index >= 15 is 0 Å². The van der Waals surface area contributed by atoms with Crippen LogP contribution in [0.3, 0.4) is 0 Å². The topological polar surface area (TPSA) is 24.9 Å². The number of hydrogen-bond donors (Lipinski definition) is 1. The first kappa shape index (κ1) is 10.9. The van der Waals surface area contributed by atoms with Crippen LogP contribution in [-0.2, 0) is 0 Å². The zero-order valence-electron chi connectivity index (χ0n) is 9.45. The van der Waals surface area contributed by atoms with Gasteiger partial charge in [-0.05, 0) is 18.1 Å². The van der Waals surface area contributed by atoms with Gasteiger partial charge in [0, 0.05) is 13.2 Å². The van der Waals surface area contributed by atoms with Crippen molar-refractivity contribution in [3.63, 3.8) is 0 Å². The third-order valence-electron chi connectivity index (χ3n) is 2.38. The second kappa shape index (κ2) is 4.49. The Balaban J connectivity index is 2.30. The van der Waals surface area contributed by atoms with E-state index in [1.807, 2.05) is 20.2 Å². The van der Waals surface area contributed by atoms with Crippen molar-refractivity contribution in [3.05, 3.63) is 42.6 Å². The van der Waals surface area contributed by atoms with Gasteiger partial charge in [0.15, 0.2) is 5.13 Å². The van der Waals surface area contributed by atoms with Crippen molar-refractivity contribution in [2.24, 2.45) is 0 Å². The largest absolute Gasteiger partial charge is 0.365 e. The Bertz CT molecular complexity index is 497. The summed E-state index contributed by atoms with van der Waals surface area (Å²) < 4.78 is 0. The first-order valence-electron chi connectivity index (χ1n) is 5.10. The fraction of sp³-hybridized carbons (Fsp3) is 0.154. The van der Waals surface area contributed by atoms with Gasteiger partial charge in [-0.1, -0.05) is 47.8 Å². The van der Waals surface area contributed by atoms with E-state index in [0.29, 0.717) is 0 Å². The lowest BCUT2D eigenvalue weighted by Crippen LogP contribution is -1.83. The molecule has 0 spiro atoms. The Morgan fingerprint density at radius 2 is 2.00 bits per heavy atom. The van der Waals surface area contributed by atoms with Gasteiger partial charge in [-0.2, -0.15) is 0 Å². The summed E-state index contributed by atoms with van der Waals surface area (Å²) in [5, 5.41) is 3.98. The number of nitrogens with zero attached hydrogens (tertiary/aromatic N) is 1. The highest BCUT2D eigenvalue weighted by molar-refractivity contribution is 7.18. The molecule has 0 fully saturated rings. The predicted molar refractivity (Wildman–Crippen MR) is 71.8 cm³/mol. The van der Waals surface area contributed by atoms with Crippen LogP contribution >= 0.6 is 11.3 Å². The Morgan fingerprint density at radius 3 is 2.50 bits per heavy atom. The third kappa shape index (κ3) is 2.14. The summed E-state index contributed by atoms with van der Waals surface area (Å²) in [7, 11) is 1.88. The van der Waals surface area contributed by atoms with Gasteiger partial charge in [0.2, 0.25) is 0 Å². The van der Waals surface area contributed by atoms with Gasteiger partial charge in [0.05, 0.1) is 4.88 Å². The Morgan fingerprint density at radius 1 is 1.31 bits per heavy atom. The molecule has 0 aliphatic carbocycles. The number of benzene rings is 1. The number of anilines is 1. The molecule has 3 heteroatoms. The van der Waals surface area contributed by atoms with Crippen molar-refractivity contribution in [2.75, 3.05) is 12.4 Å². The minimum Gasteiger partial charge on any atom is -0.365 e. The summed E-state index contributed by atoms with van der Waals surface area (Å²) >= 11 is 1.66. The average molecular weight is 230 g/mol. The summed E-state index contributed by atoms with van der Waals surface area (Å²) in [5.41, 5.74) is 3.47. The highest BCUT2D eigenvalue weighted by Crippen LogP contribution is 2.29. The first-order chi connectivity index (χ1) is 7.70. The normalized spacial score (nSPS) is 10.1. The van der Waals surface area contributed by atoms with Gasteiger partial charge in [0.1, 0.15) is 0 Å². The molecule has 0 aliphatic rings. The number of aromatic nitrogens is 1. The van der Waals surface area contributed by atoms with Gasteiger partial charge in [-0.25, -0.2) is 4.98 Å². The molecule has 0 radical (unpaired) electrons. The van der Waals surface area contributed by atoms with E-state index in [2.05, 4.69) is 41.1 Å². The molecule has 0 amide bonds. The number of nitrogens with one attached hydrogen (secondary N) is 1. The van der Waals surface area contributed by atoms with Crippen molar-refractivity contribution in [1.82, 2.24) is 4.98 Å². The minimum atomic E-state index is 0.943. The van der Waals surface area contributed by atoms with E-state index in [0.717, 1.165) is 10.7 Å². The summed E-state index contributed by atoms with van der Waals surface area (Å²) in [6, 6.07) is 8.40. The monoisotopic (exact) mass is 230 g/mol. The molecular formula is C13H14N2S. The molecular weight excluding hydrogens is 216 g/mol. The van der Waals surface area contributed by atoms with Gasteiger partial charge >= 0.3 is 0 Å². The Kier molecular flexibility index (Phi) is 3.06. The molecule has 0 saturated carbocycles. The fourth-order valence-electron chi connectivity index (χ4n) is 1.44. The summed E-state index contributed by atoms with van der Waals surface area (Å²) in [6.07, 6.45) is 1.90. The molecule has 2 rings (SSSR count). The third-order valence-corrected chi connectivity index (χ3v) is 3.45. The molecule has 2 nitrogen and oxygen atoms in total. The summed E-state index contributed by atoms with van der Waals surface area (Å²) in [6.45, 7) is 5.94. The summed E-state index contributed by atoms with van der Waals surface area (Å²) in [5.74, 6) is 0. The molecule has 0 saturated heterocycles. The molecule has 1 aromatic heterocycles. The number of hydrogen-bond acceptors (Lipinski definition) is 3. The highest BCUT2D eigenvalue weighted by atomic mass is 32.1. The van der Waals surface area contributed by atoms with Crippen LogP contribution in [0.25, 0.3) is 16.0 Å². The van der Waals surface area contributed by atoms with E-state index in [1.54, 1.807) is 11.3 Å². The minimum absolute atomic E-state index is 0.943. The second-order valence-corrected chi connectivity index (χ2v) is 4.67. The second-order valence-electron chi connectivity index (χ2n) is 3.64. The van der Waals surface area contributed by atoms with Crippen LogP contribution in [0.5, 0.6) is 0 Å². The molecule has 0 aliphatic heterocycles. The van der Waals surface area contributed by atoms with Crippen LogP contribution in [0.15, 0.2) is 37.0 Å². The SMILES string of the molecule is C=C(C)c1ccc(-c2cnc(NC)s2)cc1. The van der Waals surface area contributed by atoms with Crippen LogP contribution in [0.4, 0.5) is 5.13 Å². The lowest BCUT2D eigenvalue weighted by molar-refractivity contribution is 1.37. The van der Waals surface area contributed by atoms with Crippen LogP contribution in [0, 0.1) is 0 Å². The maximum absolute atomic E-state index is 4.26. The molecule has 1 heterocycles. The van der Waals surface area contributed by atoms with Gasteiger partial charge in [-0.15, -0.1) is 0 Å². The molecule has 0 bridgehead atoms. The first-order valence-corrected chi connectivity index (χ1v) is 5.92. The van der Waals surface area contributed by atoms with Crippen LogP contribution < -0.4 is 5.32 Å². The maximum atomic E-state index is 4.26. The molecule has 1 aromatic carbocycles. The zero-order valence-corrected chi connectivity index (χ0v) is 10.3. The van der Waals surface area contributed by atoms with Crippen LogP contribution in [-0.4, -0.2) is 12.0 Å². The van der Waals surface area contributed by atoms with E-state index in [9.17, 15) is 0 Å². The van der Waals surface area contributed by atoms with Crippen LogP contribution in [0.2, 0.25) is 0 Å².